The number of carbonyl (C=O) groups excluding carboxylic acids is 1. The highest BCUT2D eigenvalue weighted by Gasteiger charge is 2.36. The summed E-state index contributed by atoms with van der Waals surface area (Å²) in [6.07, 6.45) is 4.84. The predicted molar refractivity (Wildman–Crippen MR) is 98.2 cm³/mol. The molecule has 0 saturated heterocycles. The molecular weight excluding hydrogens is 348 g/mol. The number of anilines is 1. The maximum Gasteiger partial charge on any atom is 0.231 e. The smallest absolute Gasteiger partial charge is 0.231 e. The Bertz CT molecular complexity index is 879. The Balaban J connectivity index is 1.63. The molecule has 0 fully saturated rings. The summed E-state index contributed by atoms with van der Waals surface area (Å²) in [5, 5.41) is 20.8. The number of pyridine rings is 1. The number of hydrogen-bond donors (Lipinski definition) is 2. The lowest BCUT2D eigenvalue weighted by molar-refractivity contribution is -0.117. The lowest BCUT2D eigenvalue weighted by atomic mass is 9.75. The molecule has 0 saturated carbocycles. The number of phenolic OH excluding ortho intramolecular Hbond substituents is 1. The first-order valence-corrected chi connectivity index (χ1v) is 9.05. The van der Waals surface area contributed by atoms with Crippen LogP contribution < -0.4 is 14.4 Å². The summed E-state index contributed by atoms with van der Waals surface area (Å²) in [5.41, 5.74) is 1.70. The van der Waals surface area contributed by atoms with E-state index < -0.39 is 5.41 Å². The van der Waals surface area contributed by atoms with Crippen LogP contribution in [0.2, 0.25) is 0 Å². The van der Waals surface area contributed by atoms with Crippen LogP contribution in [-0.4, -0.2) is 41.0 Å². The molecule has 1 amide bonds. The number of phenols is 1. The average Bonchev–Trinajstić information content (AvgIpc) is 3.26. The van der Waals surface area contributed by atoms with Crippen molar-refractivity contribution < 1.29 is 24.5 Å². The molecule has 27 heavy (non-hydrogen) atoms. The van der Waals surface area contributed by atoms with Crippen LogP contribution >= 0.6 is 0 Å². The molecular formula is C20H22N2O5. The van der Waals surface area contributed by atoms with E-state index in [1.807, 2.05) is 13.0 Å². The second-order valence-electron chi connectivity index (χ2n) is 6.99. The van der Waals surface area contributed by atoms with E-state index in [1.165, 1.54) is 6.07 Å². The fraction of sp³-hybridized carbons (Fsp3) is 0.400. The van der Waals surface area contributed by atoms with Gasteiger partial charge in [-0.25, -0.2) is 0 Å². The Morgan fingerprint density at radius 2 is 2.07 bits per heavy atom. The van der Waals surface area contributed by atoms with Crippen molar-refractivity contribution in [2.75, 3.05) is 24.8 Å². The van der Waals surface area contributed by atoms with Crippen molar-refractivity contribution in [2.24, 2.45) is 0 Å². The monoisotopic (exact) mass is 370 g/mol. The summed E-state index contributed by atoms with van der Waals surface area (Å²) >= 11 is 0. The van der Waals surface area contributed by atoms with Gasteiger partial charge in [-0.1, -0.05) is 6.92 Å². The van der Waals surface area contributed by atoms with Crippen LogP contribution in [-0.2, 0) is 16.6 Å². The molecule has 1 aromatic carbocycles. The SMILES string of the molecule is CCC(CO)(CCN1C(=O)Cc2cnccc21)c1cc2c(cc1O)OCO2. The zero-order chi connectivity index (χ0) is 19.0. The summed E-state index contributed by atoms with van der Waals surface area (Å²) in [6.45, 7) is 2.37. The van der Waals surface area contributed by atoms with Gasteiger partial charge in [0.1, 0.15) is 5.75 Å². The number of carbonyl (C=O) groups is 1. The molecule has 2 N–H and O–H groups in total. The van der Waals surface area contributed by atoms with Crippen LogP contribution in [0.15, 0.2) is 30.6 Å². The molecule has 1 aromatic heterocycles. The quantitative estimate of drug-likeness (QED) is 0.809. The molecule has 4 rings (SSSR count). The van der Waals surface area contributed by atoms with Gasteiger partial charge in [0, 0.05) is 41.5 Å². The van der Waals surface area contributed by atoms with E-state index in [0.717, 1.165) is 11.3 Å². The molecule has 2 aliphatic heterocycles. The van der Waals surface area contributed by atoms with Crippen LogP contribution in [0.25, 0.3) is 0 Å². The molecule has 142 valence electrons. The van der Waals surface area contributed by atoms with Gasteiger partial charge in [0.15, 0.2) is 11.5 Å². The van der Waals surface area contributed by atoms with Crippen molar-refractivity contribution in [3.05, 3.63) is 41.7 Å². The summed E-state index contributed by atoms with van der Waals surface area (Å²) in [7, 11) is 0. The van der Waals surface area contributed by atoms with Crippen LogP contribution in [0.1, 0.15) is 30.9 Å². The minimum Gasteiger partial charge on any atom is -0.508 e. The van der Waals surface area contributed by atoms with Gasteiger partial charge in [-0.05, 0) is 25.0 Å². The zero-order valence-electron chi connectivity index (χ0n) is 15.1. The third-order valence-electron chi connectivity index (χ3n) is 5.67. The van der Waals surface area contributed by atoms with Gasteiger partial charge >= 0.3 is 0 Å². The standard InChI is InChI=1S/C20H22N2O5/c1-2-20(11-23,14-8-17-18(9-16(14)24)27-12-26-17)4-6-22-15-3-5-21-10-13(15)7-19(22)25/h3,5,8-10,23-24H,2,4,6-7,11-12H2,1H3. The lowest BCUT2D eigenvalue weighted by Crippen LogP contribution is -2.37. The fourth-order valence-corrected chi connectivity index (χ4v) is 3.92. The van der Waals surface area contributed by atoms with E-state index in [1.54, 1.807) is 23.4 Å². The van der Waals surface area contributed by atoms with Gasteiger partial charge in [-0.15, -0.1) is 0 Å². The maximum atomic E-state index is 12.4. The van der Waals surface area contributed by atoms with E-state index in [4.69, 9.17) is 9.47 Å². The van der Waals surface area contributed by atoms with Crippen molar-refractivity contribution in [3.63, 3.8) is 0 Å². The minimum absolute atomic E-state index is 0.0239. The van der Waals surface area contributed by atoms with Crippen LogP contribution in [0.4, 0.5) is 5.69 Å². The van der Waals surface area contributed by atoms with Crippen LogP contribution in [0, 0.1) is 0 Å². The molecule has 1 atom stereocenters. The molecule has 0 aliphatic carbocycles. The molecule has 3 heterocycles. The van der Waals surface area contributed by atoms with Gasteiger partial charge in [0.25, 0.3) is 0 Å². The lowest BCUT2D eigenvalue weighted by Gasteiger charge is -2.34. The number of aliphatic hydroxyl groups excluding tert-OH is 1. The van der Waals surface area contributed by atoms with Gasteiger partial charge < -0.3 is 24.6 Å². The highest BCUT2D eigenvalue weighted by atomic mass is 16.7. The van der Waals surface area contributed by atoms with Crippen molar-refractivity contribution in [3.8, 4) is 17.2 Å². The van der Waals surface area contributed by atoms with Crippen molar-refractivity contribution in [2.45, 2.75) is 31.6 Å². The normalized spacial score (nSPS) is 17.1. The number of aliphatic hydroxyl groups is 1. The number of rotatable bonds is 6. The van der Waals surface area contributed by atoms with E-state index in [9.17, 15) is 15.0 Å². The zero-order valence-corrected chi connectivity index (χ0v) is 15.1. The fourth-order valence-electron chi connectivity index (χ4n) is 3.92. The van der Waals surface area contributed by atoms with E-state index in [-0.39, 0.29) is 25.1 Å². The minimum atomic E-state index is -0.693. The van der Waals surface area contributed by atoms with E-state index in [0.29, 0.717) is 42.9 Å². The molecule has 0 spiro atoms. The summed E-state index contributed by atoms with van der Waals surface area (Å²) in [6, 6.07) is 5.10. The van der Waals surface area contributed by atoms with Gasteiger partial charge in [0.05, 0.1) is 18.7 Å². The van der Waals surface area contributed by atoms with E-state index >= 15 is 0 Å². The van der Waals surface area contributed by atoms with Crippen LogP contribution in [0.5, 0.6) is 17.2 Å². The third kappa shape index (κ3) is 2.88. The number of ether oxygens (including phenoxy) is 2. The third-order valence-corrected chi connectivity index (χ3v) is 5.67. The molecule has 2 aliphatic rings. The Morgan fingerprint density at radius 3 is 2.81 bits per heavy atom. The number of benzene rings is 1. The first-order chi connectivity index (χ1) is 13.1. The average molecular weight is 370 g/mol. The van der Waals surface area contributed by atoms with E-state index in [2.05, 4.69) is 4.98 Å². The van der Waals surface area contributed by atoms with Gasteiger partial charge in [0.2, 0.25) is 12.7 Å². The number of fused-ring (bicyclic) bond motifs is 2. The highest BCUT2D eigenvalue weighted by Crippen LogP contribution is 2.45. The molecule has 7 nitrogen and oxygen atoms in total. The Kier molecular flexibility index (Phi) is 4.39. The molecule has 0 radical (unpaired) electrons. The number of aromatic nitrogens is 1. The predicted octanol–water partition coefficient (Wildman–Crippen LogP) is 2.14. The summed E-state index contributed by atoms with van der Waals surface area (Å²) < 4.78 is 10.7. The molecule has 1 unspecified atom stereocenters. The topological polar surface area (TPSA) is 92.1 Å². The second kappa shape index (κ2) is 6.74. The number of aromatic hydroxyl groups is 1. The molecule has 7 heteroatoms. The van der Waals surface area contributed by atoms with Gasteiger partial charge in [-0.3, -0.25) is 9.78 Å². The highest BCUT2D eigenvalue weighted by molar-refractivity contribution is 6.01. The summed E-state index contributed by atoms with van der Waals surface area (Å²) in [5.74, 6) is 1.14. The van der Waals surface area contributed by atoms with Crippen molar-refractivity contribution in [1.29, 1.82) is 0 Å². The van der Waals surface area contributed by atoms with Crippen molar-refractivity contribution in [1.82, 2.24) is 4.98 Å². The maximum absolute atomic E-state index is 12.4. The largest absolute Gasteiger partial charge is 0.508 e. The van der Waals surface area contributed by atoms with Crippen molar-refractivity contribution >= 4 is 11.6 Å². The first kappa shape index (κ1) is 17.6. The molecule has 0 bridgehead atoms. The number of nitrogens with zero attached hydrogens (tertiary/aromatic N) is 2. The Labute approximate surface area is 157 Å². The Hall–Kier alpha value is -2.80. The Morgan fingerprint density at radius 1 is 1.30 bits per heavy atom. The number of hydrogen-bond acceptors (Lipinski definition) is 6. The summed E-state index contributed by atoms with van der Waals surface area (Å²) in [4.78, 5) is 18.2. The second-order valence-corrected chi connectivity index (χ2v) is 6.99. The number of amides is 1. The molecule has 2 aromatic rings. The van der Waals surface area contributed by atoms with Crippen LogP contribution in [0.3, 0.4) is 0 Å². The first-order valence-electron chi connectivity index (χ1n) is 9.05. The van der Waals surface area contributed by atoms with Gasteiger partial charge in [-0.2, -0.15) is 0 Å².